The van der Waals surface area contributed by atoms with Crippen molar-refractivity contribution < 1.29 is 14.3 Å². The van der Waals surface area contributed by atoms with Crippen LogP contribution in [-0.2, 0) is 9.47 Å². The highest BCUT2D eigenvalue weighted by Gasteiger charge is 2.19. The summed E-state index contributed by atoms with van der Waals surface area (Å²) in [6, 6.07) is 0. The molecule has 0 aliphatic carbocycles. The molecule has 4 nitrogen and oxygen atoms in total. The molecule has 0 aliphatic heterocycles. The second-order valence-corrected chi connectivity index (χ2v) is 3.92. The van der Waals surface area contributed by atoms with Gasteiger partial charge < -0.3 is 9.47 Å². The summed E-state index contributed by atoms with van der Waals surface area (Å²) in [6.45, 7) is 3.78. The maximum Gasteiger partial charge on any atom is 0.430 e. The zero-order valence-corrected chi connectivity index (χ0v) is 9.06. The Morgan fingerprint density at radius 1 is 1.50 bits per heavy atom. The van der Waals surface area contributed by atoms with Crippen molar-refractivity contribution in [2.75, 3.05) is 13.7 Å². The lowest BCUT2D eigenvalue weighted by Crippen LogP contribution is -2.31. The molecular weight excluding hydrogens is 198 g/mol. The normalized spacial score (nSPS) is 11.1. The van der Waals surface area contributed by atoms with Gasteiger partial charge in [-0.3, -0.25) is 0 Å². The van der Waals surface area contributed by atoms with Gasteiger partial charge in [-0.25, -0.2) is 4.79 Å². The standard InChI is InChI=1S/C6H13NO3S2/c1-6(2,9-3)4-10-5(8)7(11)12/h11-12H,4H2,1-3H3. The number of rotatable bonds is 3. The SMILES string of the molecule is COC(C)(C)COC(=O)N(S)S. The van der Waals surface area contributed by atoms with E-state index in [4.69, 9.17) is 9.47 Å². The molecule has 0 saturated carbocycles. The Kier molecular flexibility index (Phi) is 4.81. The number of hydrogen-bond acceptors (Lipinski definition) is 5. The molecule has 72 valence electrons. The molecule has 0 aromatic heterocycles. The van der Waals surface area contributed by atoms with Crippen molar-refractivity contribution in [3.8, 4) is 0 Å². The van der Waals surface area contributed by atoms with E-state index in [0.29, 0.717) is 0 Å². The van der Waals surface area contributed by atoms with Crippen molar-refractivity contribution in [2.24, 2.45) is 0 Å². The van der Waals surface area contributed by atoms with Gasteiger partial charge in [-0.2, -0.15) is 3.71 Å². The molecule has 1 amide bonds. The summed E-state index contributed by atoms with van der Waals surface area (Å²) in [5, 5.41) is 0. The second-order valence-electron chi connectivity index (χ2n) is 2.81. The van der Waals surface area contributed by atoms with E-state index < -0.39 is 11.7 Å². The summed E-state index contributed by atoms with van der Waals surface area (Å²) in [4.78, 5) is 10.8. The lowest BCUT2D eigenvalue weighted by Gasteiger charge is -2.22. The third-order valence-corrected chi connectivity index (χ3v) is 1.59. The molecule has 0 N–H and O–H groups in total. The van der Waals surface area contributed by atoms with E-state index in [1.165, 1.54) is 0 Å². The summed E-state index contributed by atoms with van der Waals surface area (Å²) in [7, 11) is 1.55. The fourth-order valence-electron chi connectivity index (χ4n) is 0.352. The van der Waals surface area contributed by atoms with E-state index in [9.17, 15) is 4.79 Å². The molecule has 0 aromatic carbocycles. The molecule has 0 aliphatic rings. The monoisotopic (exact) mass is 211 g/mol. The average Bonchev–Trinajstić information content (AvgIpc) is 2.00. The van der Waals surface area contributed by atoms with E-state index >= 15 is 0 Å². The molecule has 0 atom stereocenters. The largest absolute Gasteiger partial charge is 0.445 e. The van der Waals surface area contributed by atoms with Gasteiger partial charge >= 0.3 is 6.09 Å². The summed E-state index contributed by atoms with van der Waals surface area (Å²) < 4.78 is 10.6. The first kappa shape index (κ1) is 11.9. The Morgan fingerprint density at radius 3 is 2.33 bits per heavy atom. The van der Waals surface area contributed by atoms with E-state index in [0.717, 1.165) is 3.71 Å². The van der Waals surface area contributed by atoms with Crippen molar-refractivity contribution >= 4 is 31.7 Å². The van der Waals surface area contributed by atoms with Crippen LogP contribution in [0.1, 0.15) is 13.8 Å². The first-order valence-corrected chi connectivity index (χ1v) is 4.09. The van der Waals surface area contributed by atoms with Crippen LogP contribution in [0.2, 0.25) is 0 Å². The fraction of sp³-hybridized carbons (Fsp3) is 0.833. The van der Waals surface area contributed by atoms with Gasteiger partial charge in [-0.15, -0.1) is 0 Å². The molecule has 0 aromatic rings. The summed E-state index contributed by atoms with van der Waals surface area (Å²) in [5.41, 5.74) is -0.479. The fourth-order valence-corrected chi connectivity index (χ4v) is 0.468. The Labute approximate surface area is 83.3 Å². The van der Waals surface area contributed by atoms with Gasteiger partial charge in [0.1, 0.15) is 6.61 Å². The van der Waals surface area contributed by atoms with Crippen LogP contribution in [0.25, 0.3) is 0 Å². The summed E-state index contributed by atoms with van der Waals surface area (Å²) in [5.74, 6) is 0. The molecule has 0 bridgehead atoms. The smallest absolute Gasteiger partial charge is 0.430 e. The number of carbonyl (C=O) groups is 1. The first-order valence-electron chi connectivity index (χ1n) is 3.29. The van der Waals surface area contributed by atoms with E-state index in [2.05, 4.69) is 25.6 Å². The minimum Gasteiger partial charge on any atom is -0.445 e. The van der Waals surface area contributed by atoms with Crippen molar-refractivity contribution in [2.45, 2.75) is 19.4 Å². The maximum atomic E-state index is 10.8. The van der Waals surface area contributed by atoms with Crippen LogP contribution < -0.4 is 0 Å². The van der Waals surface area contributed by atoms with Crippen LogP contribution in [0.4, 0.5) is 4.79 Å². The topological polar surface area (TPSA) is 38.8 Å². The van der Waals surface area contributed by atoms with Crippen LogP contribution in [0.5, 0.6) is 0 Å². The maximum absolute atomic E-state index is 10.8. The van der Waals surface area contributed by atoms with Gasteiger partial charge in [0.05, 0.1) is 5.60 Å². The van der Waals surface area contributed by atoms with Crippen LogP contribution in [0.15, 0.2) is 0 Å². The predicted molar refractivity (Wildman–Crippen MR) is 52.2 cm³/mol. The number of hydrogen-bond donors (Lipinski definition) is 2. The summed E-state index contributed by atoms with van der Waals surface area (Å²) >= 11 is 7.27. The molecular formula is C6H13NO3S2. The highest BCUT2D eigenvalue weighted by molar-refractivity contribution is 7.94. The number of carbonyl (C=O) groups excluding carboxylic acids is 1. The van der Waals surface area contributed by atoms with Gasteiger partial charge in [0.25, 0.3) is 0 Å². The molecule has 0 spiro atoms. The Balaban J connectivity index is 3.76. The number of thiol groups is 2. The zero-order valence-electron chi connectivity index (χ0n) is 7.27. The number of methoxy groups -OCH3 is 1. The Morgan fingerprint density at radius 2 is 2.00 bits per heavy atom. The van der Waals surface area contributed by atoms with Crippen molar-refractivity contribution in [3.05, 3.63) is 0 Å². The highest BCUT2D eigenvalue weighted by Crippen LogP contribution is 2.09. The molecule has 0 fully saturated rings. The number of ether oxygens (including phenoxy) is 2. The molecule has 0 unspecified atom stereocenters. The highest BCUT2D eigenvalue weighted by atomic mass is 32.2. The van der Waals surface area contributed by atoms with E-state index in [1.807, 2.05) is 13.8 Å². The van der Waals surface area contributed by atoms with Gasteiger partial charge in [0.2, 0.25) is 0 Å². The van der Waals surface area contributed by atoms with Gasteiger partial charge in [0.15, 0.2) is 0 Å². The van der Waals surface area contributed by atoms with E-state index in [1.54, 1.807) is 7.11 Å². The number of amides is 1. The Bertz CT molecular complexity index is 161. The minimum absolute atomic E-state index is 0.167. The van der Waals surface area contributed by atoms with Crippen LogP contribution >= 0.6 is 25.6 Å². The minimum atomic E-state index is -0.619. The molecule has 0 radical (unpaired) electrons. The molecule has 12 heavy (non-hydrogen) atoms. The third-order valence-electron chi connectivity index (χ3n) is 1.26. The zero-order chi connectivity index (χ0) is 9.78. The quantitative estimate of drug-likeness (QED) is 0.696. The predicted octanol–water partition coefficient (Wildman–Crippen LogP) is 1.54. The Hall–Kier alpha value is -0.0700. The van der Waals surface area contributed by atoms with E-state index in [-0.39, 0.29) is 6.61 Å². The molecule has 6 heteroatoms. The van der Waals surface area contributed by atoms with Gasteiger partial charge in [-0.1, -0.05) is 0 Å². The molecule has 0 saturated heterocycles. The second kappa shape index (κ2) is 4.84. The van der Waals surface area contributed by atoms with Gasteiger partial charge in [-0.05, 0) is 39.5 Å². The third kappa shape index (κ3) is 4.74. The van der Waals surface area contributed by atoms with Crippen molar-refractivity contribution in [3.63, 3.8) is 0 Å². The molecule has 0 heterocycles. The van der Waals surface area contributed by atoms with Gasteiger partial charge in [0, 0.05) is 7.11 Å². The van der Waals surface area contributed by atoms with Crippen molar-refractivity contribution in [1.82, 2.24) is 3.71 Å². The van der Waals surface area contributed by atoms with Crippen molar-refractivity contribution in [1.29, 1.82) is 0 Å². The van der Waals surface area contributed by atoms with Crippen LogP contribution in [-0.4, -0.2) is 29.1 Å². The average molecular weight is 211 g/mol. The summed E-state index contributed by atoms with van der Waals surface area (Å²) in [6.07, 6.45) is -0.619. The first-order chi connectivity index (χ1) is 5.39. The molecule has 0 rings (SSSR count). The van der Waals surface area contributed by atoms with Crippen LogP contribution in [0.3, 0.4) is 0 Å². The lowest BCUT2D eigenvalue weighted by molar-refractivity contribution is -0.0294. The lowest BCUT2D eigenvalue weighted by atomic mass is 10.2. The van der Waals surface area contributed by atoms with Crippen LogP contribution in [0, 0.1) is 0 Å². The number of nitrogens with zero attached hydrogens (tertiary/aromatic N) is 1.